The molecule has 0 bridgehead atoms. The summed E-state index contributed by atoms with van der Waals surface area (Å²) in [5.74, 6) is 0. The van der Waals surface area contributed by atoms with E-state index >= 15 is 0 Å². The second kappa shape index (κ2) is 9.89. The van der Waals surface area contributed by atoms with Crippen LogP contribution in [0.1, 0.15) is 22.3 Å². The van der Waals surface area contributed by atoms with Crippen molar-refractivity contribution < 1.29 is 0 Å². The molecule has 0 radical (unpaired) electrons. The first kappa shape index (κ1) is 26.8. The fraction of sp³-hybridized carbons (Fsp3) is 0.0204. The number of rotatable bonds is 2. The number of hydrogen-bond acceptors (Lipinski definition) is 0. The van der Waals surface area contributed by atoms with Crippen LogP contribution in [0.3, 0.4) is 0 Å². The molecular formula is C49H30. The van der Waals surface area contributed by atoms with Crippen molar-refractivity contribution in [1.29, 1.82) is 0 Å². The first-order valence-corrected chi connectivity index (χ1v) is 17.2. The fourth-order valence-electron chi connectivity index (χ4n) is 9.28. The van der Waals surface area contributed by atoms with Crippen LogP contribution >= 0.6 is 0 Å². The fourth-order valence-corrected chi connectivity index (χ4v) is 9.28. The molecule has 0 heterocycles. The third-order valence-corrected chi connectivity index (χ3v) is 11.2. The van der Waals surface area contributed by atoms with Gasteiger partial charge in [0.05, 0.1) is 5.41 Å². The first-order valence-electron chi connectivity index (χ1n) is 17.2. The third-order valence-electron chi connectivity index (χ3n) is 11.2. The van der Waals surface area contributed by atoms with Gasteiger partial charge in [-0.1, -0.05) is 170 Å². The quantitative estimate of drug-likeness (QED) is 0.169. The van der Waals surface area contributed by atoms with Crippen molar-refractivity contribution in [3.8, 4) is 44.5 Å². The predicted molar refractivity (Wildman–Crippen MR) is 206 cm³/mol. The third kappa shape index (κ3) is 3.48. The largest absolute Gasteiger partial charge is 0.0732 e. The molecule has 2 aliphatic carbocycles. The lowest BCUT2D eigenvalue weighted by molar-refractivity contribution is 0.803. The standard InChI is InChI=1S/C49H30/c1-3-13-31(14-4-1)34-24-26-38-39-27-25-35(32-15-5-2-6-16-32)30-45(39)49(44(38)29-34)43-22-12-11-21-42(43)47-40-20-10-9-19-37(40)41-28-23-33-17-7-8-18-36(33)46(41)48(47)49/h1-30H. The van der Waals surface area contributed by atoms with Crippen molar-refractivity contribution in [3.05, 3.63) is 204 Å². The van der Waals surface area contributed by atoms with Crippen LogP contribution in [0.25, 0.3) is 76.8 Å². The number of benzene rings is 9. The number of hydrogen-bond donors (Lipinski definition) is 0. The van der Waals surface area contributed by atoms with E-state index in [0.29, 0.717) is 0 Å². The van der Waals surface area contributed by atoms with E-state index in [1.165, 1.54) is 99.1 Å². The monoisotopic (exact) mass is 618 g/mol. The molecule has 2 aliphatic rings. The molecule has 0 amide bonds. The average Bonchev–Trinajstić information content (AvgIpc) is 3.65. The van der Waals surface area contributed by atoms with Crippen LogP contribution < -0.4 is 0 Å². The maximum absolute atomic E-state index is 2.50. The summed E-state index contributed by atoms with van der Waals surface area (Å²) < 4.78 is 0. The Morgan fingerprint density at radius 3 is 1.53 bits per heavy atom. The van der Waals surface area contributed by atoms with Gasteiger partial charge in [0.15, 0.2) is 0 Å². The Kier molecular flexibility index (Phi) is 5.41. The summed E-state index contributed by atoms with van der Waals surface area (Å²) in [5.41, 5.74) is 15.3. The van der Waals surface area contributed by atoms with Gasteiger partial charge in [0.1, 0.15) is 0 Å². The van der Waals surface area contributed by atoms with Gasteiger partial charge in [-0.05, 0) is 111 Å². The summed E-state index contributed by atoms with van der Waals surface area (Å²) in [7, 11) is 0. The molecule has 49 heavy (non-hydrogen) atoms. The summed E-state index contributed by atoms with van der Waals surface area (Å²) in [6.45, 7) is 0. The molecule has 11 rings (SSSR count). The summed E-state index contributed by atoms with van der Waals surface area (Å²) in [4.78, 5) is 0. The van der Waals surface area contributed by atoms with Gasteiger partial charge in [0.25, 0.3) is 0 Å². The first-order chi connectivity index (χ1) is 24.3. The molecule has 9 aromatic rings. The minimum absolute atomic E-state index is 0.515. The maximum atomic E-state index is 2.50. The zero-order chi connectivity index (χ0) is 32.1. The highest BCUT2D eigenvalue weighted by Gasteiger charge is 2.53. The molecule has 1 spiro atoms. The maximum Gasteiger partial charge on any atom is 0.0732 e. The van der Waals surface area contributed by atoms with Gasteiger partial charge in [-0.25, -0.2) is 0 Å². The molecule has 0 saturated carbocycles. The molecule has 0 nitrogen and oxygen atoms in total. The average molecular weight is 619 g/mol. The van der Waals surface area contributed by atoms with Gasteiger partial charge in [-0.15, -0.1) is 0 Å². The Labute approximate surface area is 285 Å². The summed E-state index contributed by atoms with van der Waals surface area (Å²) in [6.07, 6.45) is 0. The van der Waals surface area contributed by atoms with E-state index in [0.717, 1.165) is 0 Å². The highest BCUT2D eigenvalue weighted by Crippen LogP contribution is 2.66. The van der Waals surface area contributed by atoms with Gasteiger partial charge >= 0.3 is 0 Å². The highest BCUT2D eigenvalue weighted by atomic mass is 14.5. The summed E-state index contributed by atoms with van der Waals surface area (Å²) in [6, 6.07) is 68.1. The molecule has 9 aromatic carbocycles. The second-order valence-electron chi connectivity index (χ2n) is 13.6. The molecule has 0 fully saturated rings. The molecule has 0 atom stereocenters. The van der Waals surface area contributed by atoms with Crippen LogP contribution in [0, 0.1) is 0 Å². The van der Waals surface area contributed by atoms with Gasteiger partial charge in [-0.2, -0.15) is 0 Å². The van der Waals surface area contributed by atoms with E-state index in [4.69, 9.17) is 0 Å². The van der Waals surface area contributed by atoms with Gasteiger partial charge in [0, 0.05) is 0 Å². The lowest BCUT2D eigenvalue weighted by atomic mass is 9.68. The van der Waals surface area contributed by atoms with Crippen molar-refractivity contribution in [2.45, 2.75) is 5.41 Å². The van der Waals surface area contributed by atoms with Crippen LogP contribution in [-0.4, -0.2) is 0 Å². The molecule has 0 aromatic heterocycles. The van der Waals surface area contributed by atoms with E-state index < -0.39 is 5.41 Å². The van der Waals surface area contributed by atoms with Crippen molar-refractivity contribution in [3.63, 3.8) is 0 Å². The summed E-state index contributed by atoms with van der Waals surface area (Å²) >= 11 is 0. The molecular weight excluding hydrogens is 589 g/mol. The Balaban J connectivity index is 1.40. The molecule has 0 N–H and O–H groups in total. The Morgan fingerprint density at radius 1 is 0.306 bits per heavy atom. The van der Waals surface area contributed by atoms with Crippen molar-refractivity contribution >= 4 is 32.3 Å². The smallest absolute Gasteiger partial charge is 0.0622 e. The van der Waals surface area contributed by atoms with Crippen LogP contribution in [0.15, 0.2) is 182 Å². The van der Waals surface area contributed by atoms with Gasteiger partial charge in [-0.3, -0.25) is 0 Å². The van der Waals surface area contributed by atoms with E-state index in [2.05, 4.69) is 182 Å². The second-order valence-corrected chi connectivity index (χ2v) is 13.6. The molecule has 0 unspecified atom stereocenters. The zero-order valence-electron chi connectivity index (χ0n) is 26.8. The Hall–Kier alpha value is -6.24. The molecule has 0 aliphatic heterocycles. The molecule has 226 valence electrons. The lowest BCUT2D eigenvalue weighted by Crippen LogP contribution is -2.26. The zero-order valence-corrected chi connectivity index (χ0v) is 26.8. The van der Waals surface area contributed by atoms with Gasteiger partial charge in [0.2, 0.25) is 0 Å². The SMILES string of the molecule is c1ccc(-c2ccc3c(c2)C2(c4cc(-c5ccccc5)ccc4-3)c3ccccc3-c3c2c2c4ccccc4ccc2c2ccccc32)cc1. The van der Waals surface area contributed by atoms with Gasteiger partial charge < -0.3 is 0 Å². The van der Waals surface area contributed by atoms with E-state index in [1.807, 2.05) is 0 Å². The highest BCUT2D eigenvalue weighted by molar-refractivity contribution is 6.26. The van der Waals surface area contributed by atoms with Crippen LogP contribution in [0.5, 0.6) is 0 Å². The normalized spacial score (nSPS) is 13.5. The van der Waals surface area contributed by atoms with E-state index in [-0.39, 0.29) is 0 Å². The van der Waals surface area contributed by atoms with Crippen molar-refractivity contribution in [2.24, 2.45) is 0 Å². The number of fused-ring (bicyclic) bond motifs is 17. The lowest BCUT2D eigenvalue weighted by Gasteiger charge is -2.33. The van der Waals surface area contributed by atoms with Crippen LogP contribution in [-0.2, 0) is 5.41 Å². The minimum atomic E-state index is -0.515. The Bertz CT molecular complexity index is 2720. The molecule has 0 saturated heterocycles. The Morgan fingerprint density at radius 2 is 0.857 bits per heavy atom. The topological polar surface area (TPSA) is 0 Å². The van der Waals surface area contributed by atoms with Crippen LogP contribution in [0.2, 0.25) is 0 Å². The predicted octanol–water partition coefficient (Wildman–Crippen LogP) is 12.8. The summed E-state index contributed by atoms with van der Waals surface area (Å²) in [5, 5.41) is 7.88. The molecule has 0 heteroatoms. The van der Waals surface area contributed by atoms with Crippen LogP contribution in [0.4, 0.5) is 0 Å². The van der Waals surface area contributed by atoms with E-state index in [9.17, 15) is 0 Å². The minimum Gasteiger partial charge on any atom is -0.0622 e. The van der Waals surface area contributed by atoms with E-state index in [1.54, 1.807) is 0 Å². The van der Waals surface area contributed by atoms with Crippen molar-refractivity contribution in [1.82, 2.24) is 0 Å². The van der Waals surface area contributed by atoms with Crippen molar-refractivity contribution in [2.75, 3.05) is 0 Å².